The van der Waals surface area contributed by atoms with E-state index in [0.717, 1.165) is 5.56 Å². The zero-order chi connectivity index (χ0) is 12.8. The third kappa shape index (κ3) is 5.15. The maximum absolute atomic E-state index is 11.4. The van der Waals surface area contributed by atoms with Gasteiger partial charge < -0.3 is 10.6 Å². The van der Waals surface area contributed by atoms with Gasteiger partial charge in [0.1, 0.15) is 0 Å². The summed E-state index contributed by atoms with van der Waals surface area (Å²) in [5, 5.41) is 0.686. The quantitative estimate of drug-likeness (QED) is 0.836. The number of nitrogens with zero attached hydrogens (tertiary/aromatic N) is 1. The van der Waals surface area contributed by atoms with Crippen LogP contribution in [0.2, 0.25) is 5.02 Å². The standard InChI is InChI=1S/C12H15ClN2OS/c1-9(16)15(7-6-12(14)17)8-10-2-4-11(13)5-3-10/h2-5H,6-8H2,1H3,(H2,14,17). The second-order valence-corrected chi connectivity index (χ2v) is 4.74. The Bertz CT molecular complexity index is 405. The van der Waals surface area contributed by atoms with Crippen LogP contribution in [0.1, 0.15) is 18.9 Å². The van der Waals surface area contributed by atoms with Gasteiger partial charge in [-0.1, -0.05) is 36.0 Å². The number of halogens is 1. The molecule has 0 unspecified atom stereocenters. The first kappa shape index (κ1) is 13.9. The van der Waals surface area contributed by atoms with Crippen LogP contribution in [-0.4, -0.2) is 22.3 Å². The van der Waals surface area contributed by atoms with E-state index in [9.17, 15) is 4.79 Å². The molecule has 1 aromatic carbocycles. The van der Waals surface area contributed by atoms with Crippen molar-refractivity contribution >= 4 is 34.7 Å². The van der Waals surface area contributed by atoms with Crippen molar-refractivity contribution in [2.45, 2.75) is 19.9 Å². The van der Waals surface area contributed by atoms with E-state index >= 15 is 0 Å². The van der Waals surface area contributed by atoms with Gasteiger partial charge in [0.15, 0.2) is 0 Å². The van der Waals surface area contributed by atoms with Crippen molar-refractivity contribution in [2.24, 2.45) is 5.73 Å². The summed E-state index contributed by atoms with van der Waals surface area (Å²) in [7, 11) is 0. The molecule has 0 saturated heterocycles. The topological polar surface area (TPSA) is 46.3 Å². The number of amides is 1. The molecule has 0 fully saturated rings. The van der Waals surface area contributed by atoms with E-state index < -0.39 is 0 Å². The van der Waals surface area contributed by atoms with Gasteiger partial charge in [-0.3, -0.25) is 4.79 Å². The van der Waals surface area contributed by atoms with E-state index in [2.05, 4.69) is 0 Å². The lowest BCUT2D eigenvalue weighted by Crippen LogP contribution is -2.31. The molecule has 0 heterocycles. The molecule has 1 rings (SSSR count). The van der Waals surface area contributed by atoms with Crippen LogP contribution in [0.25, 0.3) is 0 Å². The summed E-state index contributed by atoms with van der Waals surface area (Å²) in [6.45, 7) is 2.64. The molecule has 1 amide bonds. The molecular weight excluding hydrogens is 256 g/mol. The largest absolute Gasteiger partial charge is 0.393 e. The van der Waals surface area contributed by atoms with Crippen LogP contribution in [0.15, 0.2) is 24.3 Å². The molecule has 3 nitrogen and oxygen atoms in total. The highest BCUT2D eigenvalue weighted by atomic mass is 35.5. The van der Waals surface area contributed by atoms with Crippen molar-refractivity contribution < 1.29 is 4.79 Å². The molecule has 0 bridgehead atoms. The molecule has 1 aromatic rings. The Morgan fingerprint density at radius 1 is 1.41 bits per heavy atom. The third-order valence-electron chi connectivity index (χ3n) is 2.36. The van der Waals surface area contributed by atoms with Crippen molar-refractivity contribution in [2.75, 3.05) is 6.54 Å². The lowest BCUT2D eigenvalue weighted by Gasteiger charge is -2.20. The molecule has 0 radical (unpaired) electrons. The SMILES string of the molecule is CC(=O)N(CCC(N)=S)Cc1ccc(Cl)cc1. The molecule has 0 aliphatic rings. The Hall–Kier alpha value is -1.13. The van der Waals surface area contributed by atoms with Gasteiger partial charge in [0.25, 0.3) is 0 Å². The normalized spacial score (nSPS) is 10.0. The Kier molecular flexibility index (Phi) is 5.38. The zero-order valence-electron chi connectivity index (χ0n) is 9.65. The van der Waals surface area contributed by atoms with E-state index in [-0.39, 0.29) is 5.91 Å². The van der Waals surface area contributed by atoms with E-state index in [1.54, 1.807) is 4.90 Å². The summed E-state index contributed by atoms with van der Waals surface area (Å²) in [5.41, 5.74) is 6.46. The Balaban J connectivity index is 2.63. The highest BCUT2D eigenvalue weighted by Crippen LogP contribution is 2.11. The average Bonchev–Trinajstić information content (AvgIpc) is 2.26. The van der Waals surface area contributed by atoms with Gasteiger partial charge in [-0.15, -0.1) is 0 Å². The molecule has 0 aromatic heterocycles. The van der Waals surface area contributed by atoms with Crippen LogP contribution in [0, 0.1) is 0 Å². The summed E-state index contributed by atoms with van der Waals surface area (Å²) in [5.74, 6) is 0.0104. The fourth-order valence-corrected chi connectivity index (χ4v) is 1.62. The van der Waals surface area contributed by atoms with E-state index in [1.807, 2.05) is 24.3 Å². The smallest absolute Gasteiger partial charge is 0.219 e. The zero-order valence-corrected chi connectivity index (χ0v) is 11.2. The first-order valence-corrected chi connectivity index (χ1v) is 6.06. The minimum atomic E-state index is 0.0104. The monoisotopic (exact) mass is 270 g/mol. The summed E-state index contributed by atoms with van der Waals surface area (Å²) < 4.78 is 0. The van der Waals surface area contributed by atoms with Crippen LogP contribution in [-0.2, 0) is 11.3 Å². The fraction of sp³-hybridized carbons (Fsp3) is 0.333. The minimum Gasteiger partial charge on any atom is -0.393 e. The number of hydrogen-bond donors (Lipinski definition) is 1. The number of thiocarbonyl (C=S) groups is 1. The summed E-state index contributed by atoms with van der Waals surface area (Å²) in [6, 6.07) is 7.42. The highest BCUT2D eigenvalue weighted by molar-refractivity contribution is 7.80. The first-order chi connectivity index (χ1) is 7.99. The molecular formula is C12H15ClN2OS. The van der Waals surface area contributed by atoms with Crippen LogP contribution >= 0.6 is 23.8 Å². The van der Waals surface area contributed by atoms with Crippen molar-refractivity contribution in [1.82, 2.24) is 4.90 Å². The van der Waals surface area contributed by atoms with E-state index in [0.29, 0.717) is 29.5 Å². The van der Waals surface area contributed by atoms with Crippen LogP contribution in [0.5, 0.6) is 0 Å². The van der Waals surface area contributed by atoms with Gasteiger partial charge in [0, 0.05) is 31.5 Å². The summed E-state index contributed by atoms with van der Waals surface area (Å²) in [4.78, 5) is 13.6. The van der Waals surface area contributed by atoms with Crippen LogP contribution in [0.4, 0.5) is 0 Å². The molecule has 17 heavy (non-hydrogen) atoms. The maximum atomic E-state index is 11.4. The fourth-order valence-electron chi connectivity index (χ4n) is 1.40. The summed E-state index contributed by atoms with van der Waals surface area (Å²) in [6.07, 6.45) is 0.544. The van der Waals surface area contributed by atoms with Gasteiger partial charge in [-0.25, -0.2) is 0 Å². The van der Waals surface area contributed by atoms with Gasteiger partial charge in [0.05, 0.1) is 4.99 Å². The molecule has 92 valence electrons. The molecule has 0 spiro atoms. The minimum absolute atomic E-state index is 0.0104. The molecule has 0 atom stereocenters. The predicted octanol–water partition coefficient (Wildman–Crippen LogP) is 2.36. The third-order valence-corrected chi connectivity index (χ3v) is 2.82. The molecule has 0 saturated carbocycles. The Labute approximate surface area is 112 Å². The van der Waals surface area contributed by atoms with Crippen LogP contribution in [0.3, 0.4) is 0 Å². The number of nitrogens with two attached hydrogens (primary N) is 1. The lowest BCUT2D eigenvalue weighted by molar-refractivity contribution is -0.129. The van der Waals surface area contributed by atoms with Gasteiger partial charge in [-0.05, 0) is 17.7 Å². The van der Waals surface area contributed by atoms with Gasteiger partial charge >= 0.3 is 0 Å². The number of hydrogen-bond acceptors (Lipinski definition) is 2. The highest BCUT2D eigenvalue weighted by Gasteiger charge is 2.09. The second kappa shape index (κ2) is 6.57. The van der Waals surface area contributed by atoms with E-state index in [4.69, 9.17) is 29.6 Å². The van der Waals surface area contributed by atoms with E-state index in [1.165, 1.54) is 6.92 Å². The van der Waals surface area contributed by atoms with Crippen molar-refractivity contribution in [3.63, 3.8) is 0 Å². The van der Waals surface area contributed by atoms with Gasteiger partial charge in [-0.2, -0.15) is 0 Å². The molecule has 5 heteroatoms. The summed E-state index contributed by atoms with van der Waals surface area (Å²) >= 11 is 10.6. The predicted molar refractivity (Wildman–Crippen MR) is 73.9 cm³/mol. The maximum Gasteiger partial charge on any atom is 0.219 e. The van der Waals surface area contributed by atoms with Crippen molar-refractivity contribution in [3.05, 3.63) is 34.9 Å². The molecule has 2 N–H and O–H groups in total. The first-order valence-electron chi connectivity index (χ1n) is 5.27. The second-order valence-electron chi connectivity index (χ2n) is 3.78. The Morgan fingerprint density at radius 2 is 2.00 bits per heavy atom. The average molecular weight is 271 g/mol. The number of benzene rings is 1. The number of carbonyl (C=O) groups excluding carboxylic acids is 1. The Morgan fingerprint density at radius 3 is 2.47 bits per heavy atom. The lowest BCUT2D eigenvalue weighted by atomic mass is 10.2. The van der Waals surface area contributed by atoms with Crippen molar-refractivity contribution in [3.8, 4) is 0 Å². The van der Waals surface area contributed by atoms with Crippen molar-refractivity contribution in [1.29, 1.82) is 0 Å². The molecule has 0 aliphatic carbocycles. The van der Waals surface area contributed by atoms with Crippen LogP contribution < -0.4 is 5.73 Å². The van der Waals surface area contributed by atoms with Gasteiger partial charge in [0.2, 0.25) is 5.91 Å². The molecule has 0 aliphatic heterocycles. The number of carbonyl (C=O) groups is 1. The number of rotatable bonds is 5.